The summed E-state index contributed by atoms with van der Waals surface area (Å²) in [6, 6.07) is 7.45. The smallest absolute Gasteiger partial charge is 0.317 e. The van der Waals surface area contributed by atoms with Crippen molar-refractivity contribution in [3.05, 3.63) is 41.0 Å². The van der Waals surface area contributed by atoms with Crippen molar-refractivity contribution >= 4 is 28.3 Å². The van der Waals surface area contributed by atoms with E-state index in [0.717, 1.165) is 28.8 Å². The zero-order valence-electron chi connectivity index (χ0n) is 13.1. The van der Waals surface area contributed by atoms with Crippen LogP contribution in [0, 0.1) is 0 Å². The first-order chi connectivity index (χ1) is 10.9. The van der Waals surface area contributed by atoms with Crippen molar-refractivity contribution in [3.63, 3.8) is 0 Å². The van der Waals surface area contributed by atoms with Gasteiger partial charge in [-0.2, -0.15) is 0 Å². The number of nitrogens with one attached hydrogen (secondary N) is 1. The molecule has 0 fully saturated rings. The molecule has 1 aliphatic carbocycles. The summed E-state index contributed by atoms with van der Waals surface area (Å²) in [5, 5.41) is 3.00. The largest absolute Gasteiger partial charge is 0.365 e. The van der Waals surface area contributed by atoms with Gasteiger partial charge in [-0.25, -0.2) is 4.79 Å². The minimum absolute atomic E-state index is 0.206. The number of benzene rings is 1. The first kappa shape index (κ1) is 15.6. The number of anilines is 1. The molecular formula is C17H19N3O2S. The van der Waals surface area contributed by atoms with Crippen LogP contribution in [0.2, 0.25) is 0 Å². The van der Waals surface area contributed by atoms with E-state index in [-0.39, 0.29) is 5.41 Å². The van der Waals surface area contributed by atoms with Crippen LogP contribution in [-0.2, 0) is 11.8 Å². The molecule has 120 valence electrons. The van der Waals surface area contributed by atoms with E-state index in [2.05, 4.69) is 25.2 Å². The maximum Gasteiger partial charge on any atom is 0.317 e. The Balaban J connectivity index is 2.34. The standard InChI is InChI=1S/C17H19N3O2S/c1-3-17(2)8-9-6-4-5-7-10(9)13-12(17)11(14(18)21)15(23-13)20-16(19)22/h4-7H,3,8H2,1-2H3,(H2,18,21)(H3,19,20,22). The zero-order chi connectivity index (χ0) is 16.8. The Kier molecular flexibility index (Phi) is 3.64. The van der Waals surface area contributed by atoms with E-state index in [0.29, 0.717) is 10.6 Å². The second-order valence-corrected chi connectivity index (χ2v) is 7.13. The van der Waals surface area contributed by atoms with Gasteiger partial charge in [0.05, 0.1) is 5.56 Å². The van der Waals surface area contributed by atoms with Crippen molar-refractivity contribution in [1.82, 2.24) is 0 Å². The van der Waals surface area contributed by atoms with Crippen LogP contribution in [0.3, 0.4) is 0 Å². The van der Waals surface area contributed by atoms with Crippen LogP contribution in [-0.4, -0.2) is 11.9 Å². The molecule has 2 aromatic rings. The van der Waals surface area contributed by atoms with Crippen LogP contribution in [0.25, 0.3) is 10.4 Å². The topological polar surface area (TPSA) is 98.2 Å². The van der Waals surface area contributed by atoms with Gasteiger partial charge in [-0.1, -0.05) is 38.1 Å². The van der Waals surface area contributed by atoms with Crippen molar-refractivity contribution in [2.75, 3.05) is 5.32 Å². The third-order valence-electron chi connectivity index (χ3n) is 4.62. The molecule has 1 atom stereocenters. The molecule has 3 amide bonds. The minimum Gasteiger partial charge on any atom is -0.365 e. The van der Waals surface area contributed by atoms with Crippen molar-refractivity contribution < 1.29 is 9.59 Å². The zero-order valence-corrected chi connectivity index (χ0v) is 13.9. The van der Waals surface area contributed by atoms with Gasteiger partial charge in [0.2, 0.25) is 0 Å². The Morgan fingerprint density at radius 2 is 2.00 bits per heavy atom. The fourth-order valence-electron chi connectivity index (χ4n) is 3.34. The molecule has 1 heterocycles. The molecule has 0 bridgehead atoms. The van der Waals surface area contributed by atoms with Crippen molar-refractivity contribution in [1.29, 1.82) is 0 Å². The molecule has 0 aliphatic heterocycles. The lowest BCUT2D eigenvalue weighted by molar-refractivity contribution is 0.0999. The van der Waals surface area contributed by atoms with Gasteiger partial charge >= 0.3 is 6.03 Å². The monoisotopic (exact) mass is 329 g/mol. The number of carbonyl (C=O) groups is 2. The first-order valence-electron chi connectivity index (χ1n) is 7.49. The van der Waals surface area contributed by atoms with Gasteiger partial charge in [0, 0.05) is 4.88 Å². The number of urea groups is 1. The number of amides is 3. The number of carbonyl (C=O) groups excluding carboxylic acids is 2. The number of hydrogen-bond acceptors (Lipinski definition) is 3. The number of hydrogen-bond donors (Lipinski definition) is 3. The summed E-state index contributed by atoms with van der Waals surface area (Å²) in [7, 11) is 0. The number of rotatable bonds is 3. The van der Waals surface area contributed by atoms with Gasteiger partial charge in [0.15, 0.2) is 0 Å². The summed E-state index contributed by atoms with van der Waals surface area (Å²) in [4.78, 5) is 24.4. The van der Waals surface area contributed by atoms with Crippen molar-refractivity contribution in [3.8, 4) is 10.4 Å². The van der Waals surface area contributed by atoms with E-state index in [1.807, 2.05) is 18.2 Å². The number of thiophene rings is 1. The highest BCUT2D eigenvalue weighted by atomic mass is 32.1. The molecular weight excluding hydrogens is 310 g/mol. The molecule has 1 aromatic carbocycles. The Hall–Kier alpha value is -2.34. The first-order valence-corrected chi connectivity index (χ1v) is 8.31. The molecule has 1 unspecified atom stereocenters. The van der Waals surface area contributed by atoms with Gasteiger partial charge < -0.3 is 11.5 Å². The molecule has 0 saturated carbocycles. The summed E-state index contributed by atoms with van der Waals surface area (Å²) < 4.78 is 0. The Morgan fingerprint density at radius 3 is 2.61 bits per heavy atom. The van der Waals surface area contributed by atoms with Crippen LogP contribution in [0.5, 0.6) is 0 Å². The maximum atomic E-state index is 12.1. The number of nitrogens with two attached hydrogens (primary N) is 2. The maximum absolute atomic E-state index is 12.1. The second kappa shape index (κ2) is 5.38. The Bertz CT molecular complexity index is 812. The average molecular weight is 329 g/mol. The summed E-state index contributed by atoms with van der Waals surface area (Å²) in [5.74, 6) is -0.537. The van der Waals surface area contributed by atoms with Crippen LogP contribution in [0.4, 0.5) is 9.80 Å². The fourth-order valence-corrected chi connectivity index (χ4v) is 4.76. The minimum atomic E-state index is -0.697. The number of fused-ring (bicyclic) bond motifs is 3. The second-order valence-electron chi connectivity index (χ2n) is 6.11. The SMILES string of the molecule is CCC1(C)Cc2ccccc2-c2sc(NC(N)=O)c(C(N)=O)c21. The van der Waals surface area contributed by atoms with E-state index in [4.69, 9.17) is 11.5 Å². The van der Waals surface area contributed by atoms with Gasteiger partial charge in [-0.3, -0.25) is 10.1 Å². The van der Waals surface area contributed by atoms with Crippen LogP contribution in [0.1, 0.15) is 41.8 Å². The molecule has 0 radical (unpaired) electrons. The highest BCUT2D eigenvalue weighted by Crippen LogP contribution is 2.52. The molecule has 1 aromatic heterocycles. The molecule has 0 spiro atoms. The molecule has 23 heavy (non-hydrogen) atoms. The quantitative estimate of drug-likeness (QED) is 0.805. The van der Waals surface area contributed by atoms with E-state index in [1.54, 1.807) is 0 Å². The molecule has 0 saturated heterocycles. The molecule has 1 aliphatic rings. The third-order valence-corrected chi connectivity index (χ3v) is 5.76. The fraction of sp³-hybridized carbons (Fsp3) is 0.294. The lowest BCUT2D eigenvalue weighted by Gasteiger charge is -2.35. The highest BCUT2D eigenvalue weighted by Gasteiger charge is 2.40. The summed E-state index contributed by atoms with van der Waals surface area (Å²) in [6.07, 6.45) is 1.70. The average Bonchev–Trinajstić information content (AvgIpc) is 2.87. The van der Waals surface area contributed by atoms with E-state index in [9.17, 15) is 9.59 Å². The van der Waals surface area contributed by atoms with Crippen LogP contribution < -0.4 is 16.8 Å². The number of primary amides is 2. The lowest BCUT2D eigenvalue weighted by atomic mass is 9.69. The predicted octanol–water partition coefficient (Wildman–Crippen LogP) is 3.23. The van der Waals surface area contributed by atoms with Gasteiger partial charge in [0.25, 0.3) is 5.91 Å². The highest BCUT2D eigenvalue weighted by molar-refractivity contribution is 7.20. The van der Waals surface area contributed by atoms with E-state index >= 15 is 0 Å². The van der Waals surface area contributed by atoms with Crippen molar-refractivity contribution in [2.24, 2.45) is 11.5 Å². The van der Waals surface area contributed by atoms with Crippen LogP contribution in [0.15, 0.2) is 24.3 Å². The predicted molar refractivity (Wildman–Crippen MR) is 92.8 cm³/mol. The lowest BCUT2D eigenvalue weighted by Crippen LogP contribution is -2.31. The summed E-state index contributed by atoms with van der Waals surface area (Å²) in [6.45, 7) is 4.23. The summed E-state index contributed by atoms with van der Waals surface area (Å²) >= 11 is 1.37. The molecule has 3 rings (SSSR count). The Morgan fingerprint density at radius 1 is 1.30 bits per heavy atom. The third kappa shape index (κ3) is 2.39. The van der Waals surface area contributed by atoms with Gasteiger partial charge in [0.1, 0.15) is 5.00 Å². The molecule has 5 nitrogen and oxygen atoms in total. The van der Waals surface area contributed by atoms with E-state index in [1.165, 1.54) is 16.9 Å². The van der Waals surface area contributed by atoms with Crippen LogP contribution >= 0.6 is 11.3 Å². The van der Waals surface area contributed by atoms with Crippen molar-refractivity contribution in [2.45, 2.75) is 32.1 Å². The molecule has 5 N–H and O–H groups in total. The summed E-state index contributed by atoms with van der Waals surface area (Å²) in [5.41, 5.74) is 14.3. The Labute approximate surface area is 138 Å². The molecule has 6 heteroatoms. The van der Waals surface area contributed by atoms with E-state index < -0.39 is 11.9 Å². The van der Waals surface area contributed by atoms with Gasteiger partial charge in [-0.15, -0.1) is 11.3 Å². The van der Waals surface area contributed by atoms with Gasteiger partial charge in [-0.05, 0) is 34.9 Å². The normalized spacial score (nSPS) is 18.9.